The number of benzene rings is 2. The SMILES string of the molecule is COc1cccc(/C=C/C(=O)O)c1OCCCc1ccccc1. The summed E-state index contributed by atoms with van der Waals surface area (Å²) < 4.78 is 11.1. The quantitative estimate of drug-likeness (QED) is 0.595. The van der Waals surface area contributed by atoms with Crippen LogP contribution in [0.3, 0.4) is 0 Å². The number of para-hydroxylation sites is 1. The molecule has 0 unspecified atom stereocenters. The van der Waals surface area contributed by atoms with Crippen LogP contribution in [0.15, 0.2) is 54.6 Å². The van der Waals surface area contributed by atoms with Gasteiger partial charge in [0.1, 0.15) is 0 Å². The molecular weight excluding hydrogens is 292 g/mol. The Morgan fingerprint density at radius 3 is 2.61 bits per heavy atom. The molecule has 2 aromatic carbocycles. The number of aliphatic carboxylic acids is 1. The van der Waals surface area contributed by atoms with E-state index in [0.29, 0.717) is 23.7 Å². The first-order valence-corrected chi connectivity index (χ1v) is 7.45. The van der Waals surface area contributed by atoms with Crippen molar-refractivity contribution < 1.29 is 19.4 Å². The zero-order valence-corrected chi connectivity index (χ0v) is 13.1. The van der Waals surface area contributed by atoms with E-state index in [-0.39, 0.29) is 0 Å². The normalized spacial score (nSPS) is 10.7. The van der Waals surface area contributed by atoms with Gasteiger partial charge >= 0.3 is 5.97 Å². The summed E-state index contributed by atoms with van der Waals surface area (Å²) in [5.74, 6) is 0.167. The van der Waals surface area contributed by atoms with Gasteiger partial charge in [-0.1, -0.05) is 42.5 Å². The van der Waals surface area contributed by atoms with Crippen molar-refractivity contribution in [2.24, 2.45) is 0 Å². The van der Waals surface area contributed by atoms with Crippen LogP contribution in [0.2, 0.25) is 0 Å². The molecule has 23 heavy (non-hydrogen) atoms. The number of carboxylic acid groups (broad SMARTS) is 1. The molecular formula is C19H20O4. The minimum atomic E-state index is -0.997. The largest absolute Gasteiger partial charge is 0.493 e. The van der Waals surface area contributed by atoms with E-state index >= 15 is 0 Å². The molecule has 0 fully saturated rings. The summed E-state index contributed by atoms with van der Waals surface area (Å²) in [4.78, 5) is 10.7. The Hall–Kier alpha value is -2.75. The molecule has 0 saturated carbocycles. The zero-order chi connectivity index (χ0) is 16.5. The first kappa shape index (κ1) is 16.6. The van der Waals surface area contributed by atoms with Gasteiger partial charge < -0.3 is 14.6 Å². The van der Waals surface area contributed by atoms with Crippen molar-refractivity contribution in [1.29, 1.82) is 0 Å². The number of methoxy groups -OCH3 is 1. The molecule has 0 saturated heterocycles. The Morgan fingerprint density at radius 1 is 1.13 bits per heavy atom. The molecule has 0 spiro atoms. The monoisotopic (exact) mass is 312 g/mol. The van der Waals surface area contributed by atoms with Crippen molar-refractivity contribution >= 4 is 12.0 Å². The first-order chi connectivity index (χ1) is 11.2. The molecule has 1 N–H and O–H groups in total. The molecule has 120 valence electrons. The lowest BCUT2D eigenvalue weighted by Gasteiger charge is -2.13. The van der Waals surface area contributed by atoms with Crippen molar-refractivity contribution in [2.75, 3.05) is 13.7 Å². The van der Waals surface area contributed by atoms with Crippen LogP contribution >= 0.6 is 0 Å². The third-order valence-corrected chi connectivity index (χ3v) is 3.33. The van der Waals surface area contributed by atoms with E-state index in [0.717, 1.165) is 18.9 Å². The number of aryl methyl sites for hydroxylation is 1. The van der Waals surface area contributed by atoms with E-state index in [4.69, 9.17) is 14.6 Å². The zero-order valence-electron chi connectivity index (χ0n) is 13.1. The number of hydrogen-bond acceptors (Lipinski definition) is 3. The number of rotatable bonds is 8. The van der Waals surface area contributed by atoms with Gasteiger partial charge in [0.2, 0.25) is 0 Å². The summed E-state index contributed by atoms with van der Waals surface area (Å²) in [6, 6.07) is 15.6. The van der Waals surface area contributed by atoms with Crippen LogP contribution in [0.1, 0.15) is 17.5 Å². The highest BCUT2D eigenvalue weighted by Crippen LogP contribution is 2.32. The van der Waals surface area contributed by atoms with Crippen molar-refractivity contribution in [2.45, 2.75) is 12.8 Å². The highest BCUT2D eigenvalue weighted by atomic mass is 16.5. The average Bonchev–Trinajstić information content (AvgIpc) is 2.58. The maximum Gasteiger partial charge on any atom is 0.328 e. The maximum absolute atomic E-state index is 10.7. The fourth-order valence-corrected chi connectivity index (χ4v) is 2.24. The summed E-state index contributed by atoms with van der Waals surface area (Å²) in [5, 5.41) is 8.77. The van der Waals surface area contributed by atoms with Gasteiger partial charge in [-0.25, -0.2) is 4.79 Å². The van der Waals surface area contributed by atoms with Gasteiger partial charge in [-0.3, -0.25) is 0 Å². The second kappa shape index (κ2) is 8.63. The standard InChI is InChI=1S/C19H20O4/c1-22-17-11-5-10-16(12-13-18(20)21)19(17)23-14-6-9-15-7-3-2-4-8-15/h2-5,7-8,10-13H,6,9,14H2,1H3,(H,20,21)/b13-12+. The van der Waals surface area contributed by atoms with Gasteiger partial charge in [0, 0.05) is 11.6 Å². The van der Waals surface area contributed by atoms with Crippen LogP contribution in [0, 0.1) is 0 Å². The topological polar surface area (TPSA) is 55.8 Å². The Kier molecular flexibility index (Phi) is 6.24. The van der Waals surface area contributed by atoms with Crippen molar-refractivity contribution in [3.05, 3.63) is 65.7 Å². The van der Waals surface area contributed by atoms with Gasteiger partial charge in [-0.15, -0.1) is 0 Å². The summed E-state index contributed by atoms with van der Waals surface area (Å²) >= 11 is 0. The van der Waals surface area contributed by atoms with E-state index in [1.807, 2.05) is 18.2 Å². The summed E-state index contributed by atoms with van der Waals surface area (Å²) in [6.45, 7) is 0.531. The van der Waals surface area contributed by atoms with Crippen LogP contribution in [-0.4, -0.2) is 24.8 Å². The van der Waals surface area contributed by atoms with Crippen LogP contribution in [0.25, 0.3) is 6.08 Å². The second-order valence-electron chi connectivity index (χ2n) is 4.99. The lowest BCUT2D eigenvalue weighted by Crippen LogP contribution is -2.02. The molecule has 0 amide bonds. The Morgan fingerprint density at radius 2 is 1.91 bits per heavy atom. The van der Waals surface area contributed by atoms with Gasteiger partial charge in [-0.05, 0) is 30.5 Å². The van der Waals surface area contributed by atoms with Crippen molar-refractivity contribution in [3.8, 4) is 11.5 Å². The molecule has 0 aromatic heterocycles. The van der Waals surface area contributed by atoms with Gasteiger partial charge in [0.15, 0.2) is 11.5 Å². The molecule has 0 aliphatic heterocycles. The van der Waals surface area contributed by atoms with Crippen LogP contribution in [0.5, 0.6) is 11.5 Å². The van der Waals surface area contributed by atoms with Crippen molar-refractivity contribution in [3.63, 3.8) is 0 Å². The van der Waals surface area contributed by atoms with Gasteiger partial charge in [0.05, 0.1) is 13.7 Å². The fourth-order valence-electron chi connectivity index (χ4n) is 2.24. The summed E-state index contributed by atoms with van der Waals surface area (Å²) in [7, 11) is 1.57. The first-order valence-electron chi connectivity index (χ1n) is 7.45. The lowest BCUT2D eigenvalue weighted by molar-refractivity contribution is -0.131. The smallest absolute Gasteiger partial charge is 0.328 e. The molecule has 4 heteroatoms. The van der Waals surface area contributed by atoms with E-state index in [1.54, 1.807) is 25.3 Å². The number of carboxylic acids is 1. The molecule has 0 bridgehead atoms. The minimum absolute atomic E-state index is 0.531. The molecule has 0 radical (unpaired) electrons. The Bertz CT molecular complexity index is 662. The Balaban J connectivity index is 2.01. The Labute approximate surface area is 136 Å². The molecule has 4 nitrogen and oxygen atoms in total. The molecule has 0 atom stereocenters. The number of carbonyl (C=O) groups is 1. The van der Waals surface area contributed by atoms with Crippen LogP contribution in [-0.2, 0) is 11.2 Å². The predicted octanol–water partition coefficient (Wildman–Crippen LogP) is 3.80. The fraction of sp³-hybridized carbons (Fsp3) is 0.211. The molecule has 0 aliphatic rings. The van der Waals surface area contributed by atoms with E-state index in [9.17, 15) is 4.79 Å². The maximum atomic E-state index is 10.7. The van der Waals surface area contributed by atoms with Gasteiger partial charge in [0.25, 0.3) is 0 Å². The number of ether oxygens (including phenoxy) is 2. The third kappa shape index (κ3) is 5.18. The summed E-state index contributed by atoms with van der Waals surface area (Å²) in [5.41, 5.74) is 1.95. The highest BCUT2D eigenvalue weighted by molar-refractivity contribution is 5.86. The summed E-state index contributed by atoms with van der Waals surface area (Å²) in [6.07, 6.45) is 4.39. The second-order valence-corrected chi connectivity index (χ2v) is 4.99. The molecule has 2 rings (SSSR count). The average molecular weight is 312 g/mol. The minimum Gasteiger partial charge on any atom is -0.493 e. The molecule has 2 aromatic rings. The highest BCUT2D eigenvalue weighted by Gasteiger charge is 2.09. The molecule has 0 aliphatic carbocycles. The van der Waals surface area contributed by atoms with E-state index in [2.05, 4.69) is 12.1 Å². The predicted molar refractivity (Wildman–Crippen MR) is 89.9 cm³/mol. The van der Waals surface area contributed by atoms with Crippen molar-refractivity contribution in [1.82, 2.24) is 0 Å². The van der Waals surface area contributed by atoms with E-state index < -0.39 is 5.97 Å². The lowest BCUT2D eigenvalue weighted by atomic mass is 10.1. The van der Waals surface area contributed by atoms with Gasteiger partial charge in [-0.2, -0.15) is 0 Å². The third-order valence-electron chi connectivity index (χ3n) is 3.33. The molecule has 0 heterocycles. The van der Waals surface area contributed by atoms with Crippen LogP contribution < -0.4 is 9.47 Å². The van der Waals surface area contributed by atoms with Crippen LogP contribution in [0.4, 0.5) is 0 Å². The number of hydrogen-bond donors (Lipinski definition) is 1. The van der Waals surface area contributed by atoms with E-state index in [1.165, 1.54) is 11.6 Å².